The van der Waals surface area contributed by atoms with Crippen molar-refractivity contribution in [3.63, 3.8) is 0 Å². The summed E-state index contributed by atoms with van der Waals surface area (Å²) in [5.41, 5.74) is 11.8. The van der Waals surface area contributed by atoms with Gasteiger partial charge in [-0.25, -0.2) is 0 Å². The molecule has 15 heavy (non-hydrogen) atoms. The second kappa shape index (κ2) is 6.43. The molecule has 0 bridgehead atoms. The van der Waals surface area contributed by atoms with Gasteiger partial charge in [-0.3, -0.25) is 4.90 Å². The minimum Gasteiger partial charge on any atom is -0.328 e. The maximum atomic E-state index is 6.00. The summed E-state index contributed by atoms with van der Waals surface area (Å²) < 4.78 is 0. The van der Waals surface area contributed by atoms with E-state index in [1.807, 2.05) is 0 Å². The molecule has 90 valence electrons. The molecule has 0 aromatic rings. The van der Waals surface area contributed by atoms with Crippen LogP contribution in [-0.2, 0) is 0 Å². The first-order chi connectivity index (χ1) is 7.13. The molecule has 4 N–H and O–H groups in total. The average Bonchev–Trinajstić information content (AvgIpc) is 2.26. The number of hydrogen-bond donors (Lipinski definition) is 2. The van der Waals surface area contributed by atoms with Crippen LogP contribution in [0.25, 0.3) is 0 Å². The van der Waals surface area contributed by atoms with Gasteiger partial charge in [-0.1, -0.05) is 6.92 Å². The smallest absolute Gasteiger partial charge is 0.0570 e. The van der Waals surface area contributed by atoms with Crippen LogP contribution < -0.4 is 11.5 Å². The van der Waals surface area contributed by atoms with Gasteiger partial charge in [0.05, 0.1) is 6.17 Å². The minimum atomic E-state index is 0.251. The Balaban J connectivity index is 2.18. The lowest BCUT2D eigenvalue weighted by Crippen LogP contribution is -2.53. The third-order valence-electron chi connectivity index (χ3n) is 3.19. The Hall–Kier alpha value is -0.160. The molecule has 1 aliphatic rings. The van der Waals surface area contributed by atoms with Crippen LogP contribution in [0.4, 0.5) is 0 Å². The van der Waals surface area contributed by atoms with Gasteiger partial charge in [-0.2, -0.15) is 0 Å². The predicted octanol–water partition coefficient (Wildman–Crippen LogP) is 0.0361. The summed E-state index contributed by atoms with van der Waals surface area (Å²) in [5.74, 6) is 0. The van der Waals surface area contributed by atoms with E-state index in [1.165, 1.54) is 0 Å². The zero-order chi connectivity index (χ0) is 11.3. The Kier molecular flexibility index (Phi) is 5.53. The van der Waals surface area contributed by atoms with Gasteiger partial charge in [0.25, 0.3) is 0 Å². The van der Waals surface area contributed by atoms with Crippen molar-refractivity contribution in [3.05, 3.63) is 0 Å². The van der Waals surface area contributed by atoms with Crippen molar-refractivity contribution < 1.29 is 0 Å². The standard InChI is InChI=1S/C11H26N4/c1-3-11(13)15-8-6-14(7-9-15)5-4-10(2)12/h10-11H,3-9,12-13H2,1-2H3. The molecule has 0 amide bonds. The van der Waals surface area contributed by atoms with Crippen molar-refractivity contribution in [2.45, 2.75) is 38.9 Å². The highest BCUT2D eigenvalue weighted by Crippen LogP contribution is 2.06. The van der Waals surface area contributed by atoms with E-state index >= 15 is 0 Å². The quantitative estimate of drug-likeness (QED) is 0.678. The first kappa shape index (κ1) is 12.9. The second-order valence-electron chi connectivity index (χ2n) is 4.62. The molecule has 0 spiro atoms. The van der Waals surface area contributed by atoms with Crippen molar-refractivity contribution in [2.75, 3.05) is 32.7 Å². The van der Waals surface area contributed by atoms with E-state index in [-0.39, 0.29) is 6.17 Å². The van der Waals surface area contributed by atoms with Gasteiger partial charge in [0.1, 0.15) is 0 Å². The van der Waals surface area contributed by atoms with E-state index in [0.717, 1.165) is 45.6 Å². The molecule has 1 saturated heterocycles. The van der Waals surface area contributed by atoms with Crippen LogP contribution in [-0.4, -0.2) is 54.7 Å². The van der Waals surface area contributed by atoms with Gasteiger partial charge >= 0.3 is 0 Å². The molecule has 0 aliphatic carbocycles. The van der Waals surface area contributed by atoms with Gasteiger partial charge in [-0.05, 0) is 26.3 Å². The molecule has 1 fully saturated rings. The third-order valence-corrected chi connectivity index (χ3v) is 3.19. The third kappa shape index (κ3) is 4.47. The first-order valence-electron chi connectivity index (χ1n) is 6.11. The Bertz CT molecular complexity index is 164. The number of nitrogens with zero attached hydrogens (tertiary/aromatic N) is 2. The average molecular weight is 214 g/mol. The van der Waals surface area contributed by atoms with Crippen molar-refractivity contribution in [1.82, 2.24) is 9.80 Å². The van der Waals surface area contributed by atoms with Gasteiger partial charge in [0.15, 0.2) is 0 Å². The van der Waals surface area contributed by atoms with Gasteiger partial charge in [-0.15, -0.1) is 0 Å². The molecule has 2 unspecified atom stereocenters. The molecule has 0 aromatic heterocycles. The van der Waals surface area contributed by atoms with Crippen LogP contribution in [0.2, 0.25) is 0 Å². The Morgan fingerprint density at radius 1 is 1.13 bits per heavy atom. The van der Waals surface area contributed by atoms with Crippen LogP contribution in [0.1, 0.15) is 26.7 Å². The number of hydrogen-bond acceptors (Lipinski definition) is 4. The maximum Gasteiger partial charge on any atom is 0.0570 e. The topological polar surface area (TPSA) is 58.5 Å². The van der Waals surface area contributed by atoms with Crippen molar-refractivity contribution in [2.24, 2.45) is 11.5 Å². The van der Waals surface area contributed by atoms with Crippen LogP contribution in [0, 0.1) is 0 Å². The molecule has 1 aliphatic heterocycles. The molecule has 1 heterocycles. The van der Waals surface area contributed by atoms with Gasteiger partial charge in [0, 0.05) is 32.2 Å². The largest absolute Gasteiger partial charge is 0.328 e. The van der Waals surface area contributed by atoms with Gasteiger partial charge < -0.3 is 16.4 Å². The maximum absolute atomic E-state index is 6.00. The molecule has 0 saturated carbocycles. The summed E-state index contributed by atoms with van der Waals surface area (Å²) in [7, 11) is 0. The zero-order valence-corrected chi connectivity index (χ0v) is 10.2. The minimum absolute atomic E-state index is 0.251. The predicted molar refractivity (Wildman–Crippen MR) is 64.5 cm³/mol. The Labute approximate surface area is 93.6 Å². The number of nitrogens with two attached hydrogens (primary N) is 2. The summed E-state index contributed by atoms with van der Waals surface area (Å²) in [6, 6.07) is 0.320. The molecular formula is C11H26N4. The molecular weight excluding hydrogens is 188 g/mol. The fourth-order valence-electron chi connectivity index (χ4n) is 1.96. The van der Waals surface area contributed by atoms with Crippen LogP contribution in [0.15, 0.2) is 0 Å². The molecule has 2 atom stereocenters. The normalized spacial score (nSPS) is 24.0. The Morgan fingerprint density at radius 3 is 2.20 bits per heavy atom. The fourth-order valence-corrected chi connectivity index (χ4v) is 1.96. The van der Waals surface area contributed by atoms with Crippen LogP contribution in [0.3, 0.4) is 0 Å². The zero-order valence-electron chi connectivity index (χ0n) is 10.2. The van der Waals surface area contributed by atoms with E-state index in [4.69, 9.17) is 11.5 Å². The summed E-state index contributed by atoms with van der Waals surface area (Å²) in [6.45, 7) is 9.84. The molecule has 1 rings (SSSR count). The first-order valence-corrected chi connectivity index (χ1v) is 6.11. The van der Waals surface area contributed by atoms with E-state index in [1.54, 1.807) is 0 Å². The SMILES string of the molecule is CCC(N)N1CCN(CCC(C)N)CC1. The number of piperazine rings is 1. The van der Waals surface area contributed by atoms with Crippen molar-refractivity contribution >= 4 is 0 Å². The molecule has 0 radical (unpaired) electrons. The lowest BCUT2D eigenvalue weighted by atomic mass is 10.2. The molecule has 0 aromatic carbocycles. The van der Waals surface area contributed by atoms with Crippen molar-refractivity contribution in [1.29, 1.82) is 0 Å². The highest BCUT2D eigenvalue weighted by atomic mass is 15.3. The lowest BCUT2D eigenvalue weighted by Gasteiger charge is -2.37. The summed E-state index contributed by atoms with van der Waals surface area (Å²) in [6.07, 6.45) is 2.39. The Morgan fingerprint density at radius 2 is 1.73 bits per heavy atom. The van der Waals surface area contributed by atoms with E-state index in [2.05, 4.69) is 23.6 Å². The van der Waals surface area contributed by atoms with Crippen LogP contribution in [0.5, 0.6) is 0 Å². The highest BCUT2D eigenvalue weighted by Gasteiger charge is 2.19. The molecule has 4 heteroatoms. The molecule has 4 nitrogen and oxygen atoms in total. The number of rotatable bonds is 5. The van der Waals surface area contributed by atoms with Crippen LogP contribution >= 0.6 is 0 Å². The van der Waals surface area contributed by atoms with Crippen molar-refractivity contribution in [3.8, 4) is 0 Å². The summed E-state index contributed by atoms with van der Waals surface area (Å²) in [5, 5.41) is 0. The van der Waals surface area contributed by atoms with E-state index in [0.29, 0.717) is 6.04 Å². The monoisotopic (exact) mass is 214 g/mol. The van der Waals surface area contributed by atoms with E-state index < -0.39 is 0 Å². The van der Waals surface area contributed by atoms with Gasteiger partial charge in [0.2, 0.25) is 0 Å². The summed E-state index contributed by atoms with van der Waals surface area (Å²) >= 11 is 0. The fraction of sp³-hybridized carbons (Fsp3) is 1.00. The summed E-state index contributed by atoms with van der Waals surface area (Å²) in [4.78, 5) is 4.87. The second-order valence-corrected chi connectivity index (χ2v) is 4.62. The van der Waals surface area contributed by atoms with E-state index in [9.17, 15) is 0 Å². The lowest BCUT2D eigenvalue weighted by molar-refractivity contribution is 0.0946. The highest BCUT2D eigenvalue weighted by molar-refractivity contribution is 4.75.